The monoisotopic (exact) mass is 444 g/mol. The third kappa shape index (κ3) is 4.14. The highest BCUT2D eigenvalue weighted by Gasteiger charge is 2.24. The van der Waals surface area contributed by atoms with Crippen LogP contribution < -0.4 is 5.56 Å². The second-order valence-electron chi connectivity index (χ2n) is 7.10. The Morgan fingerprint density at radius 2 is 1.94 bits per heavy atom. The Morgan fingerprint density at radius 1 is 1.18 bits per heavy atom. The predicted molar refractivity (Wildman–Crippen MR) is 117 cm³/mol. The molecular formula is C24H17FN4O4. The molecule has 4 rings (SSSR count). The number of nitriles is 1. The Balaban J connectivity index is 1.94. The molecule has 1 aromatic carbocycles. The largest absolute Gasteiger partial charge is 0.506 e. The fourth-order valence-corrected chi connectivity index (χ4v) is 3.39. The molecule has 0 aliphatic rings. The number of halogens is 1. The van der Waals surface area contributed by atoms with Crippen molar-refractivity contribution in [3.63, 3.8) is 0 Å². The molecule has 0 saturated heterocycles. The first-order chi connectivity index (χ1) is 15.9. The molecule has 164 valence electrons. The fraction of sp³-hybridized carbons (Fsp3) is 0.125. The number of aromatic hydroxyl groups is 1. The van der Waals surface area contributed by atoms with Crippen molar-refractivity contribution < 1.29 is 19.0 Å². The number of nitrogens with zero attached hydrogens (tertiary/aromatic N) is 4. The number of esters is 1. The molecule has 0 unspecified atom stereocenters. The smallest absolute Gasteiger partial charge is 0.347 e. The van der Waals surface area contributed by atoms with Gasteiger partial charge in [0.05, 0.1) is 29.8 Å². The number of hydrogen-bond acceptors (Lipinski definition) is 7. The highest BCUT2D eigenvalue weighted by molar-refractivity contribution is 5.99. The summed E-state index contributed by atoms with van der Waals surface area (Å²) >= 11 is 0. The van der Waals surface area contributed by atoms with Gasteiger partial charge in [-0.05, 0) is 42.8 Å². The van der Waals surface area contributed by atoms with Crippen molar-refractivity contribution in [2.75, 3.05) is 6.61 Å². The second-order valence-corrected chi connectivity index (χ2v) is 7.10. The summed E-state index contributed by atoms with van der Waals surface area (Å²) in [7, 11) is 0. The number of ether oxygens (including phenoxy) is 1. The maximum atomic E-state index is 13.3. The average molecular weight is 444 g/mol. The maximum absolute atomic E-state index is 13.3. The molecule has 33 heavy (non-hydrogen) atoms. The van der Waals surface area contributed by atoms with Crippen molar-refractivity contribution in [3.8, 4) is 23.1 Å². The Bertz CT molecular complexity index is 1460. The topological polar surface area (TPSA) is 118 Å². The summed E-state index contributed by atoms with van der Waals surface area (Å²) in [5.74, 6) is -1.94. The molecule has 0 aliphatic carbocycles. The van der Waals surface area contributed by atoms with Gasteiger partial charge in [0, 0.05) is 18.0 Å². The highest BCUT2D eigenvalue weighted by atomic mass is 19.1. The number of rotatable bonds is 5. The lowest BCUT2D eigenvalue weighted by atomic mass is 10.1. The fourth-order valence-electron chi connectivity index (χ4n) is 3.39. The number of fused-ring (bicyclic) bond motifs is 1. The molecule has 0 aliphatic heterocycles. The zero-order valence-corrected chi connectivity index (χ0v) is 17.4. The Hall–Kier alpha value is -4.58. The van der Waals surface area contributed by atoms with Crippen molar-refractivity contribution in [3.05, 3.63) is 87.7 Å². The van der Waals surface area contributed by atoms with E-state index in [0.717, 1.165) is 0 Å². The Labute approximate surface area is 187 Å². The zero-order chi connectivity index (χ0) is 23.5. The summed E-state index contributed by atoms with van der Waals surface area (Å²) in [5, 5.41) is 19.9. The van der Waals surface area contributed by atoms with Gasteiger partial charge in [-0.3, -0.25) is 14.3 Å². The molecule has 9 heteroatoms. The highest BCUT2D eigenvalue weighted by Crippen LogP contribution is 2.30. The van der Waals surface area contributed by atoms with Crippen LogP contribution in [0.25, 0.3) is 22.3 Å². The molecule has 3 heterocycles. The quantitative estimate of drug-likeness (QED) is 0.469. The van der Waals surface area contributed by atoms with E-state index in [9.17, 15) is 19.1 Å². The van der Waals surface area contributed by atoms with Crippen LogP contribution in [0.5, 0.6) is 5.75 Å². The molecule has 3 aromatic heterocycles. The molecule has 0 spiro atoms. The minimum Gasteiger partial charge on any atom is -0.506 e. The zero-order valence-electron chi connectivity index (χ0n) is 17.4. The third-order valence-electron chi connectivity index (χ3n) is 5.00. The predicted octanol–water partition coefficient (Wildman–Crippen LogP) is 3.40. The van der Waals surface area contributed by atoms with Crippen LogP contribution >= 0.6 is 0 Å². The van der Waals surface area contributed by atoms with Gasteiger partial charge in [-0.25, -0.2) is 14.2 Å². The van der Waals surface area contributed by atoms with Crippen LogP contribution in [-0.2, 0) is 11.3 Å². The molecule has 0 saturated carbocycles. The Morgan fingerprint density at radius 3 is 2.58 bits per heavy atom. The summed E-state index contributed by atoms with van der Waals surface area (Å²) in [5.41, 5.74) is 0.804. The summed E-state index contributed by atoms with van der Waals surface area (Å²) in [4.78, 5) is 34.2. The van der Waals surface area contributed by atoms with Crippen molar-refractivity contribution in [1.82, 2.24) is 14.5 Å². The van der Waals surface area contributed by atoms with E-state index in [2.05, 4.69) is 9.97 Å². The number of hydrogen-bond donors (Lipinski definition) is 1. The number of pyridine rings is 3. The molecular weight excluding hydrogens is 427 g/mol. The van der Waals surface area contributed by atoms with Gasteiger partial charge in [0.15, 0.2) is 5.56 Å². The second kappa shape index (κ2) is 8.88. The van der Waals surface area contributed by atoms with Gasteiger partial charge >= 0.3 is 5.97 Å². The van der Waals surface area contributed by atoms with Crippen LogP contribution in [0.15, 0.2) is 59.7 Å². The van der Waals surface area contributed by atoms with Crippen molar-refractivity contribution in [2.24, 2.45) is 0 Å². The van der Waals surface area contributed by atoms with Gasteiger partial charge < -0.3 is 9.84 Å². The molecule has 0 atom stereocenters. The summed E-state index contributed by atoms with van der Waals surface area (Å²) in [6.07, 6.45) is 2.87. The number of aromatic nitrogens is 3. The van der Waals surface area contributed by atoms with E-state index in [1.165, 1.54) is 41.2 Å². The average Bonchev–Trinajstić information content (AvgIpc) is 2.83. The number of carbonyl (C=O) groups excluding carboxylic acids is 1. The van der Waals surface area contributed by atoms with E-state index in [1.54, 1.807) is 25.1 Å². The SMILES string of the molecule is CCOC(=O)c1c(O)c2cc(-c3ccc(C#N)cn3)cnc2n(Cc2ccc(F)cc2)c1=O. The van der Waals surface area contributed by atoms with E-state index in [4.69, 9.17) is 10.00 Å². The van der Waals surface area contributed by atoms with Gasteiger partial charge in [0.25, 0.3) is 5.56 Å². The maximum Gasteiger partial charge on any atom is 0.347 e. The lowest BCUT2D eigenvalue weighted by molar-refractivity contribution is 0.0520. The minimum atomic E-state index is -0.961. The number of carbonyl (C=O) groups is 1. The molecule has 1 N–H and O–H groups in total. The van der Waals surface area contributed by atoms with Crippen LogP contribution in [0, 0.1) is 17.1 Å². The third-order valence-corrected chi connectivity index (χ3v) is 5.00. The standard InChI is InChI=1S/C24H17FN4O4/c1-2-33-24(32)20-21(30)18-9-16(19-8-5-15(10-26)11-27-19)12-28-22(18)29(23(20)31)13-14-3-6-17(25)7-4-14/h3-9,11-12,30H,2,13H2,1H3. The van der Waals surface area contributed by atoms with Crippen LogP contribution in [0.4, 0.5) is 4.39 Å². The van der Waals surface area contributed by atoms with E-state index in [-0.39, 0.29) is 24.2 Å². The first-order valence-corrected chi connectivity index (χ1v) is 9.96. The molecule has 8 nitrogen and oxygen atoms in total. The van der Waals surface area contributed by atoms with Crippen LogP contribution in [0.1, 0.15) is 28.4 Å². The lowest BCUT2D eigenvalue weighted by Gasteiger charge is -2.15. The molecule has 4 aromatic rings. The van der Waals surface area contributed by atoms with Crippen molar-refractivity contribution >= 4 is 17.0 Å². The van der Waals surface area contributed by atoms with Gasteiger partial charge in [-0.1, -0.05) is 12.1 Å². The van der Waals surface area contributed by atoms with Crippen LogP contribution in [0.2, 0.25) is 0 Å². The van der Waals surface area contributed by atoms with Crippen LogP contribution in [0.3, 0.4) is 0 Å². The number of benzene rings is 1. The lowest BCUT2D eigenvalue weighted by Crippen LogP contribution is -2.29. The normalized spacial score (nSPS) is 10.7. The van der Waals surface area contributed by atoms with E-state index in [0.29, 0.717) is 22.4 Å². The summed E-state index contributed by atoms with van der Waals surface area (Å²) in [6, 6.07) is 12.3. The van der Waals surface area contributed by atoms with Gasteiger partial charge in [0.2, 0.25) is 0 Å². The molecule has 0 radical (unpaired) electrons. The summed E-state index contributed by atoms with van der Waals surface area (Å²) < 4.78 is 19.5. The molecule has 0 amide bonds. The van der Waals surface area contributed by atoms with E-state index >= 15 is 0 Å². The van der Waals surface area contributed by atoms with Crippen molar-refractivity contribution in [2.45, 2.75) is 13.5 Å². The van der Waals surface area contributed by atoms with Crippen molar-refractivity contribution in [1.29, 1.82) is 5.26 Å². The van der Waals surface area contributed by atoms with Gasteiger partial charge in [-0.15, -0.1) is 0 Å². The summed E-state index contributed by atoms with van der Waals surface area (Å²) in [6.45, 7) is 1.59. The van der Waals surface area contributed by atoms with E-state index in [1.807, 2.05) is 6.07 Å². The van der Waals surface area contributed by atoms with E-state index < -0.39 is 28.7 Å². The van der Waals surface area contributed by atoms with Gasteiger partial charge in [-0.2, -0.15) is 5.26 Å². The van der Waals surface area contributed by atoms with Gasteiger partial charge in [0.1, 0.15) is 23.3 Å². The minimum absolute atomic E-state index is 0.0102. The first kappa shape index (κ1) is 21.6. The first-order valence-electron chi connectivity index (χ1n) is 9.96. The molecule has 0 bridgehead atoms. The molecule has 0 fully saturated rings. The van der Waals surface area contributed by atoms with Crippen LogP contribution in [-0.4, -0.2) is 32.2 Å². The Kier molecular flexibility index (Phi) is 5.83.